The third-order valence-corrected chi connectivity index (χ3v) is 4.21. The SMILES string of the molecule is CCOC(=O)C(F)(C(=O)OCC)[C@@H](NS(=O)C(C)(C)C)C(F)(F)F. The second-order valence-corrected chi connectivity index (χ2v) is 7.62. The maximum Gasteiger partial charge on any atom is 0.409 e. The summed E-state index contributed by atoms with van der Waals surface area (Å²) in [7, 11) is -2.43. The zero-order valence-corrected chi connectivity index (χ0v) is 14.8. The van der Waals surface area contributed by atoms with Crippen molar-refractivity contribution in [2.45, 2.75) is 57.3 Å². The van der Waals surface area contributed by atoms with Crippen LogP contribution >= 0.6 is 0 Å². The number of hydrogen-bond donors (Lipinski definition) is 1. The van der Waals surface area contributed by atoms with Gasteiger partial charge < -0.3 is 9.47 Å². The van der Waals surface area contributed by atoms with Crippen LogP contribution in [0.2, 0.25) is 0 Å². The third-order valence-electron chi connectivity index (χ3n) is 2.65. The van der Waals surface area contributed by atoms with E-state index in [1.165, 1.54) is 39.3 Å². The minimum absolute atomic E-state index is 0.461. The van der Waals surface area contributed by atoms with Crippen LogP contribution in [0.4, 0.5) is 17.6 Å². The standard InChI is InChI=1S/C13H21F4NO5S/c1-6-22-9(19)12(14,10(20)23-7-2)8(13(15,16)17)18-24(21)11(3,4)5/h8,18H,6-7H2,1-5H3/t8-,24?/m1/s1. The summed E-state index contributed by atoms with van der Waals surface area (Å²) in [4.78, 5) is 23.5. The topological polar surface area (TPSA) is 81.7 Å². The highest BCUT2D eigenvalue weighted by Crippen LogP contribution is 2.34. The highest BCUT2D eigenvalue weighted by atomic mass is 32.2. The molecule has 1 unspecified atom stereocenters. The third kappa shape index (κ3) is 5.40. The van der Waals surface area contributed by atoms with E-state index in [0.717, 1.165) is 0 Å². The Morgan fingerprint density at radius 3 is 1.62 bits per heavy atom. The Morgan fingerprint density at radius 2 is 1.38 bits per heavy atom. The summed E-state index contributed by atoms with van der Waals surface area (Å²) in [5.74, 6) is -4.13. The number of carbonyl (C=O) groups excluding carboxylic acids is 2. The van der Waals surface area contributed by atoms with Crippen LogP contribution in [-0.2, 0) is 30.0 Å². The molecule has 142 valence electrons. The van der Waals surface area contributed by atoms with Gasteiger partial charge in [0.1, 0.15) is 0 Å². The van der Waals surface area contributed by atoms with Gasteiger partial charge in [0.25, 0.3) is 0 Å². The zero-order chi connectivity index (χ0) is 19.3. The minimum Gasteiger partial charge on any atom is -0.463 e. The molecule has 24 heavy (non-hydrogen) atoms. The fourth-order valence-corrected chi connectivity index (χ4v) is 2.31. The van der Waals surface area contributed by atoms with Crippen LogP contribution in [-0.4, -0.2) is 52.0 Å². The molecule has 0 saturated carbocycles. The first-order valence-electron chi connectivity index (χ1n) is 7.00. The molecule has 0 radical (unpaired) electrons. The first-order chi connectivity index (χ1) is 10.7. The minimum atomic E-state index is -5.42. The van der Waals surface area contributed by atoms with Gasteiger partial charge in [-0.1, -0.05) is 0 Å². The molecule has 0 fully saturated rings. The van der Waals surface area contributed by atoms with E-state index in [1.54, 1.807) is 0 Å². The molecule has 0 saturated heterocycles. The quantitative estimate of drug-likeness (QED) is 0.414. The smallest absolute Gasteiger partial charge is 0.409 e. The van der Waals surface area contributed by atoms with E-state index < -0.39 is 58.8 Å². The van der Waals surface area contributed by atoms with Crippen LogP contribution in [0, 0.1) is 0 Å². The average molecular weight is 379 g/mol. The summed E-state index contributed by atoms with van der Waals surface area (Å²) in [6, 6.07) is -3.40. The van der Waals surface area contributed by atoms with E-state index in [-0.39, 0.29) is 0 Å². The Bertz CT molecular complexity index is 472. The molecule has 2 atom stereocenters. The van der Waals surface area contributed by atoms with Gasteiger partial charge in [0.05, 0.1) is 28.9 Å². The number of nitrogens with one attached hydrogen (secondary N) is 1. The fraction of sp³-hybridized carbons (Fsp3) is 0.846. The highest BCUT2D eigenvalue weighted by molar-refractivity contribution is 7.84. The molecule has 0 rings (SSSR count). The maximum atomic E-state index is 15.0. The average Bonchev–Trinajstić information content (AvgIpc) is 2.41. The van der Waals surface area contributed by atoms with E-state index in [2.05, 4.69) is 9.47 Å². The lowest BCUT2D eigenvalue weighted by molar-refractivity contribution is -0.208. The van der Waals surface area contributed by atoms with Gasteiger partial charge in [-0.05, 0) is 34.6 Å². The summed E-state index contributed by atoms with van der Waals surface area (Å²) in [5, 5.41) is 0. The Hall–Kier alpha value is -1.23. The van der Waals surface area contributed by atoms with E-state index in [9.17, 15) is 31.4 Å². The molecule has 0 amide bonds. The molecule has 0 aliphatic rings. The summed E-state index contributed by atoms with van der Waals surface area (Å²) in [5.41, 5.74) is -4.23. The Kier molecular flexibility index (Phi) is 7.81. The zero-order valence-electron chi connectivity index (χ0n) is 14.0. The summed E-state index contributed by atoms with van der Waals surface area (Å²) in [6.45, 7) is 5.53. The van der Waals surface area contributed by atoms with Crippen LogP contribution in [0.1, 0.15) is 34.6 Å². The number of alkyl halides is 4. The van der Waals surface area contributed by atoms with Crippen LogP contribution in [0.25, 0.3) is 0 Å². The lowest BCUT2D eigenvalue weighted by Gasteiger charge is -2.33. The van der Waals surface area contributed by atoms with Crippen molar-refractivity contribution in [1.82, 2.24) is 4.72 Å². The van der Waals surface area contributed by atoms with Gasteiger partial charge in [-0.2, -0.15) is 13.2 Å². The molecule has 1 N–H and O–H groups in total. The molecule has 0 bridgehead atoms. The molecule has 0 spiro atoms. The van der Waals surface area contributed by atoms with E-state index >= 15 is 0 Å². The monoisotopic (exact) mass is 379 g/mol. The largest absolute Gasteiger partial charge is 0.463 e. The fourth-order valence-electron chi connectivity index (χ4n) is 1.45. The molecule has 0 aliphatic heterocycles. The van der Waals surface area contributed by atoms with Crippen molar-refractivity contribution >= 4 is 22.9 Å². The molecule has 0 aromatic carbocycles. The lowest BCUT2D eigenvalue weighted by atomic mass is 9.96. The van der Waals surface area contributed by atoms with Gasteiger partial charge in [0.2, 0.25) is 0 Å². The van der Waals surface area contributed by atoms with Gasteiger partial charge in [0, 0.05) is 0 Å². The van der Waals surface area contributed by atoms with E-state index in [4.69, 9.17) is 0 Å². The second-order valence-electron chi connectivity index (χ2n) is 5.63. The second kappa shape index (κ2) is 8.24. The predicted octanol–water partition coefficient (Wildman–Crippen LogP) is 1.80. The Balaban J connectivity index is 6.06. The van der Waals surface area contributed by atoms with Gasteiger partial charge in [-0.3, -0.25) is 0 Å². The molecular formula is C13H21F4NO5S. The van der Waals surface area contributed by atoms with Crippen molar-refractivity contribution in [3.63, 3.8) is 0 Å². The molecule has 0 aromatic rings. The van der Waals surface area contributed by atoms with Gasteiger partial charge in [-0.25, -0.2) is 22.9 Å². The summed E-state index contributed by atoms with van der Waals surface area (Å²) in [6.07, 6.45) is -5.42. The van der Waals surface area contributed by atoms with E-state index in [0.29, 0.717) is 0 Å². The van der Waals surface area contributed by atoms with Crippen molar-refractivity contribution in [1.29, 1.82) is 0 Å². The van der Waals surface area contributed by atoms with Crippen molar-refractivity contribution < 1.29 is 40.8 Å². The maximum absolute atomic E-state index is 15.0. The summed E-state index contributed by atoms with van der Waals surface area (Å²) < 4.78 is 75.7. The van der Waals surface area contributed by atoms with Crippen LogP contribution in [0.5, 0.6) is 0 Å². The normalized spacial score (nSPS) is 15.5. The number of carbonyl (C=O) groups is 2. The molecule has 0 heterocycles. The molecule has 0 aliphatic carbocycles. The predicted molar refractivity (Wildman–Crippen MR) is 78.0 cm³/mol. The first kappa shape index (κ1) is 22.8. The van der Waals surface area contributed by atoms with Gasteiger partial charge >= 0.3 is 23.8 Å². The number of ether oxygens (including phenoxy) is 2. The van der Waals surface area contributed by atoms with Crippen LogP contribution in [0.3, 0.4) is 0 Å². The van der Waals surface area contributed by atoms with Crippen LogP contribution < -0.4 is 4.72 Å². The van der Waals surface area contributed by atoms with Crippen molar-refractivity contribution in [3.8, 4) is 0 Å². The summed E-state index contributed by atoms with van der Waals surface area (Å²) >= 11 is 0. The number of esters is 2. The van der Waals surface area contributed by atoms with Gasteiger partial charge in [-0.15, -0.1) is 0 Å². The lowest BCUT2D eigenvalue weighted by Crippen LogP contribution is -2.66. The molecule has 11 heteroatoms. The highest BCUT2D eigenvalue weighted by Gasteiger charge is 2.66. The molecule has 0 aromatic heterocycles. The van der Waals surface area contributed by atoms with Crippen LogP contribution in [0.15, 0.2) is 0 Å². The Labute approximate surface area is 139 Å². The van der Waals surface area contributed by atoms with E-state index in [1.807, 2.05) is 0 Å². The first-order valence-corrected chi connectivity index (χ1v) is 8.15. The molecule has 6 nitrogen and oxygen atoms in total. The Morgan fingerprint density at radius 1 is 1.00 bits per heavy atom. The molecular weight excluding hydrogens is 358 g/mol. The number of halogens is 4. The van der Waals surface area contributed by atoms with Crippen molar-refractivity contribution in [2.75, 3.05) is 13.2 Å². The van der Waals surface area contributed by atoms with Gasteiger partial charge in [0.15, 0.2) is 6.04 Å². The van der Waals surface area contributed by atoms with Crippen molar-refractivity contribution in [3.05, 3.63) is 0 Å². The number of rotatable bonds is 7. The van der Waals surface area contributed by atoms with Crippen molar-refractivity contribution in [2.24, 2.45) is 0 Å². The number of hydrogen-bond acceptors (Lipinski definition) is 5.